The molecule has 0 aliphatic heterocycles. The zero-order valence-electron chi connectivity index (χ0n) is 12.2. The molecule has 1 heterocycles. The first-order chi connectivity index (χ1) is 10.1. The first-order valence-electron chi connectivity index (χ1n) is 7.11. The van der Waals surface area contributed by atoms with Crippen molar-refractivity contribution < 1.29 is 9.21 Å². The highest BCUT2D eigenvalue weighted by Gasteiger charge is 2.45. The van der Waals surface area contributed by atoms with Gasteiger partial charge < -0.3 is 9.32 Å². The molecule has 2 aromatic rings. The summed E-state index contributed by atoms with van der Waals surface area (Å²) < 4.78 is 5.52. The molecule has 0 spiro atoms. The van der Waals surface area contributed by atoms with Crippen molar-refractivity contribution in [1.82, 2.24) is 4.90 Å². The fourth-order valence-corrected chi connectivity index (χ4v) is 3.03. The summed E-state index contributed by atoms with van der Waals surface area (Å²) in [5.41, 5.74) is 1.08. The highest BCUT2D eigenvalue weighted by molar-refractivity contribution is 6.31. The van der Waals surface area contributed by atoms with E-state index in [4.69, 9.17) is 16.0 Å². The van der Waals surface area contributed by atoms with Gasteiger partial charge in [0.2, 0.25) is 5.91 Å². The molecule has 1 aliphatic carbocycles. The van der Waals surface area contributed by atoms with Gasteiger partial charge >= 0.3 is 0 Å². The Kier molecular flexibility index (Phi) is 3.77. The molecule has 21 heavy (non-hydrogen) atoms. The number of nitrogens with zero attached hydrogens (tertiary/aromatic N) is 1. The minimum Gasteiger partial charge on any atom is -0.464 e. The molecule has 110 valence electrons. The van der Waals surface area contributed by atoms with Crippen LogP contribution in [0.5, 0.6) is 0 Å². The molecule has 1 fully saturated rings. The summed E-state index contributed by atoms with van der Waals surface area (Å²) in [5, 5.41) is 0.752. The highest BCUT2D eigenvalue weighted by atomic mass is 35.5. The molecule has 0 radical (unpaired) electrons. The summed E-state index contributed by atoms with van der Waals surface area (Å²) in [6.07, 6.45) is 0.879. The second-order valence-electron chi connectivity index (χ2n) is 5.68. The molecule has 3 rings (SSSR count). The number of hydrogen-bond acceptors (Lipinski definition) is 2. The minimum atomic E-state index is 0.0472. The normalized spacial score (nSPS) is 20.3. The van der Waals surface area contributed by atoms with E-state index in [0.29, 0.717) is 6.54 Å². The molecular formula is C17H18ClNO2. The van der Waals surface area contributed by atoms with Crippen molar-refractivity contribution in [3.05, 3.63) is 58.5 Å². The quantitative estimate of drug-likeness (QED) is 0.855. The van der Waals surface area contributed by atoms with E-state index in [1.807, 2.05) is 50.4 Å². The summed E-state index contributed by atoms with van der Waals surface area (Å²) in [6, 6.07) is 11.6. The third kappa shape index (κ3) is 2.98. The van der Waals surface area contributed by atoms with Gasteiger partial charge in [-0.1, -0.05) is 29.8 Å². The molecule has 1 aromatic carbocycles. The van der Waals surface area contributed by atoms with Gasteiger partial charge in [0, 0.05) is 18.0 Å². The van der Waals surface area contributed by atoms with E-state index in [1.54, 1.807) is 4.90 Å². The summed E-state index contributed by atoms with van der Waals surface area (Å²) in [4.78, 5) is 14.2. The van der Waals surface area contributed by atoms with E-state index < -0.39 is 0 Å². The smallest absolute Gasteiger partial charge is 0.226 e. The molecule has 3 nitrogen and oxygen atoms in total. The first kappa shape index (κ1) is 14.2. The van der Waals surface area contributed by atoms with E-state index in [9.17, 15) is 4.79 Å². The molecule has 2 atom stereocenters. The molecule has 1 aliphatic rings. The van der Waals surface area contributed by atoms with E-state index in [-0.39, 0.29) is 17.7 Å². The van der Waals surface area contributed by atoms with Gasteiger partial charge in [-0.2, -0.15) is 0 Å². The van der Waals surface area contributed by atoms with Crippen LogP contribution in [0.3, 0.4) is 0 Å². The minimum absolute atomic E-state index is 0.0472. The average Bonchev–Trinajstić information content (AvgIpc) is 3.15. The molecule has 1 saturated carbocycles. The van der Waals surface area contributed by atoms with Gasteiger partial charge in [0.05, 0.1) is 6.54 Å². The van der Waals surface area contributed by atoms with Gasteiger partial charge in [0.15, 0.2) is 0 Å². The van der Waals surface area contributed by atoms with Crippen LogP contribution in [0.4, 0.5) is 0 Å². The molecule has 0 N–H and O–H groups in total. The summed E-state index contributed by atoms with van der Waals surface area (Å²) in [5.74, 6) is 2.15. The third-order valence-electron chi connectivity index (χ3n) is 3.98. The van der Waals surface area contributed by atoms with E-state index in [2.05, 4.69) is 0 Å². The number of rotatable bonds is 4. The van der Waals surface area contributed by atoms with Crippen LogP contribution >= 0.6 is 11.6 Å². The number of benzene rings is 1. The van der Waals surface area contributed by atoms with E-state index in [0.717, 1.165) is 28.5 Å². The number of amides is 1. The van der Waals surface area contributed by atoms with Gasteiger partial charge in [0.1, 0.15) is 11.5 Å². The Morgan fingerprint density at radius 1 is 1.33 bits per heavy atom. The predicted molar refractivity (Wildman–Crippen MR) is 82.2 cm³/mol. The Bertz CT molecular complexity index is 664. The monoisotopic (exact) mass is 303 g/mol. The van der Waals surface area contributed by atoms with Crippen molar-refractivity contribution in [1.29, 1.82) is 0 Å². The van der Waals surface area contributed by atoms with E-state index >= 15 is 0 Å². The summed E-state index contributed by atoms with van der Waals surface area (Å²) in [6.45, 7) is 2.41. The second-order valence-corrected chi connectivity index (χ2v) is 6.08. The zero-order valence-corrected chi connectivity index (χ0v) is 12.9. The topological polar surface area (TPSA) is 33.5 Å². The number of carbonyl (C=O) groups is 1. The Morgan fingerprint density at radius 2 is 2.10 bits per heavy atom. The number of aryl methyl sites for hydroxylation is 1. The van der Waals surface area contributed by atoms with Crippen molar-refractivity contribution >= 4 is 17.5 Å². The fourth-order valence-electron chi connectivity index (χ4n) is 2.75. The number of halogens is 1. The van der Waals surface area contributed by atoms with Gasteiger partial charge in [-0.3, -0.25) is 4.79 Å². The molecule has 1 aromatic heterocycles. The average molecular weight is 304 g/mol. The lowest BCUT2D eigenvalue weighted by molar-refractivity contribution is -0.132. The standard InChI is InChI=1S/C17H18ClNO2/c1-11-7-8-12(21-11)10-19(2)17(20)15-9-14(15)13-5-3-4-6-16(13)18/h3-8,14-15H,9-10H2,1-2H3. The Morgan fingerprint density at radius 3 is 2.76 bits per heavy atom. The summed E-state index contributed by atoms with van der Waals surface area (Å²) >= 11 is 6.20. The van der Waals surface area contributed by atoms with Gasteiger partial charge in [-0.05, 0) is 43.0 Å². The van der Waals surface area contributed by atoms with Crippen LogP contribution in [0.2, 0.25) is 5.02 Å². The lowest BCUT2D eigenvalue weighted by Gasteiger charge is -2.16. The Hall–Kier alpha value is -1.74. The van der Waals surface area contributed by atoms with Crippen molar-refractivity contribution in [2.75, 3.05) is 7.05 Å². The summed E-state index contributed by atoms with van der Waals surface area (Å²) in [7, 11) is 1.82. The highest BCUT2D eigenvalue weighted by Crippen LogP contribution is 2.50. The predicted octanol–water partition coefficient (Wildman–Crippen LogP) is 4.00. The lowest BCUT2D eigenvalue weighted by Crippen LogP contribution is -2.27. The molecular weight excluding hydrogens is 286 g/mol. The van der Waals surface area contributed by atoms with Gasteiger partial charge in [-0.15, -0.1) is 0 Å². The number of hydrogen-bond donors (Lipinski definition) is 0. The zero-order chi connectivity index (χ0) is 15.0. The largest absolute Gasteiger partial charge is 0.464 e. The van der Waals surface area contributed by atoms with Crippen molar-refractivity contribution in [3.8, 4) is 0 Å². The maximum absolute atomic E-state index is 12.5. The SMILES string of the molecule is Cc1ccc(CN(C)C(=O)C2CC2c2ccccc2Cl)o1. The Balaban J connectivity index is 1.63. The molecule has 0 saturated heterocycles. The van der Waals surface area contributed by atoms with Crippen LogP contribution in [-0.2, 0) is 11.3 Å². The third-order valence-corrected chi connectivity index (χ3v) is 4.32. The van der Waals surface area contributed by atoms with Crippen LogP contribution in [0.25, 0.3) is 0 Å². The van der Waals surface area contributed by atoms with Crippen LogP contribution in [0.15, 0.2) is 40.8 Å². The maximum atomic E-state index is 12.5. The molecule has 1 amide bonds. The van der Waals surface area contributed by atoms with Crippen LogP contribution in [-0.4, -0.2) is 17.9 Å². The van der Waals surface area contributed by atoms with Crippen molar-refractivity contribution in [2.45, 2.75) is 25.8 Å². The van der Waals surface area contributed by atoms with Crippen LogP contribution in [0.1, 0.15) is 29.4 Å². The Labute approximate surface area is 129 Å². The maximum Gasteiger partial charge on any atom is 0.226 e. The fraction of sp³-hybridized carbons (Fsp3) is 0.353. The van der Waals surface area contributed by atoms with Crippen molar-refractivity contribution in [2.24, 2.45) is 5.92 Å². The van der Waals surface area contributed by atoms with Crippen LogP contribution < -0.4 is 0 Å². The van der Waals surface area contributed by atoms with Gasteiger partial charge in [0.25, 0.3) is 0 Å². The van der Waals surface area contributed by atoms with E-state index in [1.165, 1.54) is 0 Å². The first-order valence-corrected chi connectivity index (χ1v) is 7.49. The molecule has 0 bridgehead atoms. The van der Waals surface area contributed by atoms with Crippen molar-refractivity contribution in [3.63, 3.8) is 0 Å². The lowest BCUT2D eigenvalue weighted by atomic mass is 10.1. The second kappa shape index (κ2) is 5.57. The molecule has 4 heteroatoms. The number of carbonyl (C=O) groups excluding carboxylic acids is 1. The number of furan rings is 1. The molecule has 2 unspecified atom stereocenters. The van der Waals surface area contributed by atoms with Gasteiger partial charge in [-0.25, -0.2) is 0 Å². The van der Waals surface area contributed by atoms with Crippen LogP contribution in [0, 0.1) is 12.8 Å².